The molecule has 0 unspecified atom stereocenters. The van der Waals surface area contributed by atoms with E-state index in [-0.39, 0.29) is 23.9 Å². The van der Waals surface area contributed by atoms with E-state index in [0.717, 1.165) is 12.2 Å². The number of aromatic nitrogens is 1. The summed E-state index contributed by atoms with van der Waals surface area (Å²) >= 11 is 0. The number of aryl methyl sites for hydroxylation is 2. The van der Waals surface area contributed by atoms with Crippen LogP contribution in [0.5, 0.6) is 0 Å². The molecule has 0 fully saturated rings. The van der Waals surface area contributed by atoms with E-state index < -0.39 is 11.5 Å². The standard InChI is InChI=1S/C19H22N2O4/c1-11(2)21(10-13-8-7-12(3)25-13)19(24)15-9-14-16(20-18(15)23)5-4-6-17(14)22/h7-9,11H,4-6,10H2,1-3H3,(H,20,23). The number of Topliss-reactive ketones (excluding diaryl/α,β-unsaturated/α-hetero) is 1. The van der Waals surface area contributed by atoms with Crippen LogP contribution in [0.2, 0.25) is 0 Å². The van der Waals surface area contributed by atoms with Gasteiger partial charge in [0.15, 0.2) is 5.78 Å². The summed E-state index contributed by atoms with van der Waals surface area (Å²) in [4.78, 5) is 41.8. The highest BCUT2D eigenvalue weighted by Crippen LogP contribution is 2.20. The molecule has 1 amide bonds. The van der Waals surface area contributed by atoms with Crippen molar-refractivity contribution in [2.24, 2.45) is 0 Å². The molecule has 6 nitrogen and oxygen atoms in total. The number of fused-ring (bicyclic) bond motifs is 1. The number of nitrogens with zero attached hydrogens (tertiary/aromatic N) is 1. The Labute approximate surface area is 145 Å². The number of pyridine rings is 1. The van der Waals surface area contributed by atoms with Crippen LogP contribution in [-0.4, -0.2) is 27.6 Å². The number of aromatic amines is 1. The molecule has 0 saturated carbocycles. The first kappa shape index (κ1) is 17.2. The van der Waals surface area contributed by atoms with E-state index in [4.69, 9.17) is 4.42 Å². The van der Waals surface area contributed by atoms with Crippen LogP contribution in [0.4, 0.5) is 0 Å². The summed E-state index contributed by atoms with van der Waals surface area (Å²) in [7, 11) is 0. The number of nitrogens with one attached hydrogen (secondary N) is 1. The van der Waals surface area contributed by atoms with Crippen LogP contribution in [0.25, 0.3) is 0 Å². The van der Waals surface area contributed by atoms with Crippen LogP contribution in [-0.2, 0) is 13.0 Å². The minimum Gasteiger partial charge on any atom is -0.464 e. The fourth-order valence-electron chi connectivity index (χ4n) is 3.12. The van der Waals surface area contributed by atoms with Crippen molar-refractivity contribution in [3.8, 4) is 0 Å². The number of carbonyl (C=O) groups excluding carboxylic acids is 2. The first-order valence-corrected chi connectivity index (χ1v) is 8.52. The van der Waals surface area contributed by atoms with Crippen molar-refractivity contribution in [3.63, 3.8) is 0 Å². The molecule has 0 aromatic carbocycles. The number of furan rings is 1. The van der Waals surface area contributed by atoms with Gasteiger partial charge in [0.05, 0.1) is 6.54 Å². The molecule has 132 valence electrons. The third-order valence-electron chi connectivity index (χ3n) is 4.49. The highest BCUT2D eigenvalue weighted by atomic mass is 16.3. The molecule has 0 radical (unpaired) electrons. The molecule has 2 aromatic heterocycles. The summed E-state index contributed by atoms with van der Waals surface area (Å²) in [6.07, 6.45) is 1.83. The summed E-state index contributed by atoms with van der Waals surface area (Å²) in [6, 6.07) is 4.99. The van der Waals surface area contributed by atoms with Gasteiger partial charge in [-0.1, -0.05) is 0 Å². The molecule has 0 spiro atoms. The Morgan fingerprint density at radius 1 is 1.28 bits per heavy atom. The maximum atomic E-state index is 13.0. The molecular formula is C19H22N2O4. The maximum Gasteiger partial charge on any atom is 0.261 e. The average molecular weight is 342 g/mol. The van der Waals surface area contributed by atoms with Gasteiger partial charge >= 0.3 is 0 Å². The topological polar surface area (TPSA) is 83.4 Å². The Morgan fingerprint density at radius 2 is 2.04 bits per heavy atom. The van der Waals surface area contributed by atoms with Crippen molar-refractivity contribution in [3.05, 3.63) is 56.9 Å². The van der Waals surface area contributed by atoms with Gasteiger partial charge in [0.2, 0.25) is 0 Å². The molecule has 3 rings (SSSR count). The van der Waals surface area contributed by atoms with Crippen LogP contribution >= 0.6 is 0 Å². The van der Waals surface area contributed by atoms with Crippen molar-refractivity contribution in [2.75, 3.05) is 0 Å². The summed E-state index contributed by atoms with van der Waals surface area (Å²) in [5.74, 6) is 1.00. The predicted octanol–water partition coefficient (Wildman–Crippen LogP) is 2.85. The zero-order chi connectivity index (χ0) is 18.1. The lowest BCUT2D eigenvalue weighted by Crippen LogP contribution is -2.39. The van der Waals surface area contributed by atoms with Crippen molar-refractivity contribution in [2.45, 2.75) is 52.6 Å². The van der Waals surface area contributed by atoms with Crippen LogP contribution < -0.4 is 5.56 Å². The molecule has 1 aliphatic rings. The average Bonchev–Trinajstić information content (AvgIpc) is 2.96. The van der Waals surface area contributed by atoms with E-state index >= 15 is 0 Å². The van der Waals surface area contributed by atoms with E-state index in [1.807, 2.05) is 32.9 Å². The number of H-pyrrole nitrogens is 1. The lowest BCUT2D eigenvalue weighted by Gasteiger charge is -2.26. The predicted molar refractivity (Wildman–Crippen MR) is 92.8 cm³/mol. The van der Waals surface area contributed by atoms with Gasteiger partial charge in [-0.05, 0) is 51.8 Å². The smallest absolute Gasteiger partial charge is 0.261 e. The fraction of sp³-hybridized carbons (Fsp3) is 0.421. The third-order valence-corrected chi connectivity index (χ3v) is 4.49. The SMILES string of the molecule is Cc1ccc(CN(C(=O)c2cc3c([nH]c2=O)CCCC3=O)C(C)C)o1. The van der Waals surface area contributed by atoms with Gasteiger partial charge in [0, 0.05) is 23.7 Å². The number of carbonyl (C=O) groups is 2. The molecule has 0 saturated heterocycles. The van der Waals surface area contributed by atoms with Gasteiger partial charge in [-0.2, -0.15) is 0 Å². The Morgan fingerprint density at radius 3 is 2.68 bits per heavy atom. The lowest BCUT2D eigenvalue weighted by atomic mass is 9.93. The van der Waals surface area contributed by atoms with E-state index in [1.54, 1.807) is 4.90 Å². The van der Waals surface area contributed by atoms with Crippen LogP contribution in [0.3, 0.4) is 0 Å². The number of hydrogen-bond donors (Lipinski definition) is 1. The van der Waals surface area contributed by atoms with Crippen molar-refractivity contribution in [1.29, 1.82) is 0 Å². The second-order valence-electron chi connectivity index (χ2n) is 6.72. The largest absolute Gasteiger partial charge is 0.464 e. The van der Waals surface area contributed by atoms with Gasteiger partial charge in [-0.3, -0.25) is 14.4 Å². The van der Waals surface area contributed by atoms with Crippen LogP contribution in [0.1, 0.15) is 64.6 Å². The van der Waals surface area contributed by atoms with Gasteiger partial charge in [0.1, 0.15) is 17.1 Å². The molecule has 6 heteroatoms. The van der Waals surface area contributed by atoms with Crippen LogP contribution in [0.15, 0.2) is 27.4 Å². The molecule has 25 heavy (non-hydrogen) atoms. The molecule has 0 atom stereocenters. The van der Waals surface area contributed by atoms with Gasteiger partial charge in [-0.15, -0.1) is 0 Å². The quantitative estimate of drug-likeness (QED) is 0.926. The minimum atomic E-state index is -0.445. The Kier molecular flexibility index (Phi) is 4.61. The Hall–Kier alpha value is -2.63. The summed E-state index contributed by atoms with van der Waals surface area (Å²) in [5, 5.41) is 0. The third kappa shape index (κ3) is 3.43. The molecular weight excluding hydrogens is 320 g/mol. The summed E-state index contributed by atoms with van der Waals surface area (Å²) in [6.45, 7) is 5.87. The Balaban J connectivity index is 1.96. The fourth-order valence-corrected chi connectivity index (χ4v) is 3.12. The second-order valence-corrected chi connectivity index (χ2v) is 6.72. The highest BCUT2D eigenvalue weighted by molar-refractivity contribution is 6.01. The monoisotopic (exact) mass is 342 g/mol. The number of hydrogen-bond acceptors (Lipinski definition) is 4. The minimum absolute atomic E-state index is 0.00554. The summed E-state index contributed by atoms with van der Waals surface area (Å²) in [5.41, 5.74) is 0.660. The van der Waals surface area contributed by atoms with Crippen molar-refractivity contribution >= 4 is 11.7 Å². The Bertz CT molecular complexity index is 876. The molecule has 2 aromatic rings. The maximum absolute atomic E-state index is 13.0. The molecule has 1 aliphatic carbocycles. The molecule has 2 heterocycles. The normalized spacial score (nSPS) is 13.8. The van der Waals surface area contributed by atoms with Gasteiger partial charge < -0.3 is 14.3 Å². The number of amides is 1. The molecule has 0 bridgehead atoms. The van der Waals surface area contributed by atoms with Gasteiger partial charge in [0.25, 0.3) is 11.5 Å². The first-order valence-electron chi connectivity index (χ1n) is 8.52. The van der Waals surface area contributed by atoms with E-state index in [2.05, 4.69) is 4.98 Å². The van der Waals surface area contributed by atoms with Crippen LogP contribution in [0, 0.1) is 6.92 Å². The van der Waals surface area contributed by atoms with E-state index in [1.165, 1.54) is 6.07 Å². The number of ketones is 1. The number of rotatable bonds is 4. The highest BCUT2D eigenvalue weighted by Gasteiger charge is 2.26. The van der Waals surface area contributed by atoms with Crippen molar-refractivity contribution in [1.82, 2.24) is 9.88 Å². The van der Waals surface area contributed by atoms with E-state index in [9.17, 15) is 14.4 Å². The zero-order valence-electron chi connectivity index (χ0n) is 14.7. The summed E-state index contributed by atoms with van der Waals surface area (Å²) < 4.78 is 5.55. The van der Waals surface area contributed by atoms with Gasteiger partial charge in [-0.25, -0.2) is 0 Å². The lowest BCUT2D eigenvalue weighted by molar-refractivity contribution is 0.0673. The van der Waals surface area contributed by atoms with Crippen molar-refractivity contribution < 1.29 is 14.0 Å². The second kappa shape index (κ2) is 6.70. The van der Waals surface area contributed by atoms with E-state index in [0.29, 0.717) is 29.9 Å². The molecule has 1 N–H and O–H groups in total. The first-order chi connectivity index (χ1) is 11.9. The zero-order valence-corrected chi connectivity index (χ0v) is 14.7. The molecule has 0 aliphatic heterocycles.